The van der Waals surface area contributed by atoms with Gasteiger partial charge in [-0.15, -0.1) is 35.3 Å². The number of guanidine groups is 1. The fourth-order valence-electron chi connectivity index (χ4n) is 2.84. The number of alkyl carbamates (subject to hydrolysis) is 1. The largest absolute Gasteiger partial charge is 0.444 e. The van der Waals surface area contributed by atoms with Gasteiger partial charge >= 0.3 is 6.09 Å². The topological polar surface area (TPSA) is 78.9 Å². The van der Waals surface area contributed by atoms with Crippen molar-refractivity contribution in [3.63, 3.8) is 0 Å². The van der Waals surface area contributed by atoms with Crippen LogP contribution in [-0.4, -0.2) is 53.2 Å². The average molecular weight is 509 g/mol. The lowest BCUT2D eigenvalue weighted by molar-refractivity contribution is 0.0507. The minimum Gasteiger partial charge on any atom is -0.444 e. The molecule has 1 fully saturated rings. The summed E-state index contributed by atoms with van der Waals surface area (Å²) in [7, 11) is 0. The van der Waals surface area contributed by atoms with Crippen molar-refractivity contribution in [2.75, 3.05) is 19.6 Å². The molecule has 1 amide bonds. The number of amides is 1. The number of aliphatic imine (C=N–C) groups is 1. The Morgan fingerprint density at radius 1 is 1.41 bits per heavy atom. The van der Waals surface area contributed by atoms with Crippen LogP contribution in [0.2, 0.25) is 0 Å². The van der Waals surface area contributed by atoms with Crippen molar-refractivity contribution >= 4 is 47.4 Å². The zero-order chi connectivity index (χ0) is 19.3. The van der Waals surface area contributed by atoms with E-state index in [0.717, 1.165) is 42.7 Å². The SMILES string of the molecule is CCNC(=NCc1sc(C)nc1C)N1CCC(NC(=O)OC(C)(C)C)C1.I. The third-order valence-electron chi connectivity index (χ3n) is 3.92. The summed E-state index contributed by atoms with van der Waals surface area (Å²) in [5.74, 6) is 0.881. The minimum absolute atomic E-state index is 0. The number of ether oxygens (including phenoxy) is 1. The number of thiazole rings is 1. The van der Waals surface area contributed by atoms with Crippen molar-refractivity contribution in [2.24, 2.45) is 4.99 Å². The van der Waals surface area contributed by atoms with Crippen LogP contribution in [0.5, 0.6) is 0 Å². The van der Waals surface area contributed by atoms with Gasteiger partial charge < -0.3 is 20.3 Å². The summed E-state index contributed by atoms with van der Waals surface area (Å²) in [5.41, 5.74) is 0.571. The molecule has 0 aliphatic carbocycles. The molecule has 1 aliphatic rings. The van der Waals surface area contributed by atoms with Crippen LogP contribution in [-0.2, 0) is 11.3 Å². The molecule has 0 radical (unpaired) electrons. The van der Waals surface area contributed by atoms with E-state index in [1.54, 1.807) is 11.3 Å². The van der Waals surface area contributed by atoms with Crippen molar-refractivity contribution in [3.8, 4) is 0 Å². The molecule has 2 rings (SSSR count). The molecule has 154 valence electrons. The molecule has 27 heavy (non-hydrogen) atoms. The summed E-state index contributed by atoms with van der Waals surface area (Å²) in [4.78, 5) is 24.6. The third kappa shape index (κ3) is 7.81. The van der Waals surface area contributed by atoms with Gasteiger partial charge in [0.1, 0.15) is 5.60 Å². The van der Waals surface area contributed by atoms with Crippen LogP contribution in [0, 0.1) is 13.8 Å². The number of aromatic nitrogens is 1. The number of rotatable bonds is 4. The number of hydrogen-bond acceptors (Lipinski definition) is 5. The second-order valence-corrected chi connectivity index (χ2v) is 8.78. The Kier molecular flexibility index (Phi) is 9.26. The van der Waals surface area contributed by atoms with Gasteiger partial charge in [0.25, 0.3) is 0 Å². The van der Waals surface area contributed by atoms with Gasteiger partial charge in [0.05, 0.1) is 23.3 Å². The van der Waals surface area contributed by atoms with E-state index in [1.807, 2.05) is 34.6 Å². The smallest absolute Gasteiger partial charge is 0.407 e. The fourth-order valence-corrected chi connectivity index (χ4v) is 3.70. The Morgan fingerprint density at radius 2 is 2.11 bits per heavy atom. The van der Waals surface area contributed by atoms with E-state index >= 15 is 0 Å². The van der Waals surface area contributed by atoms with Gasteiger partial charge in [0.2, 0.25) is 0 Å². The molecule has 1 aromatic heterocycles. The van der Waals surface area contributed by atoms with Gasteiger partial charge in [-0.05, 0) is 48.0 Å². The van der Waals surface area contributed by atoms with Crippen LogP contribution in [0.1, 0.15) is 49.7 Å². The monoisotopic (exact) mass is 509 g/mol. The Labute approximate surface area is 183 Å². The first-order valence-electron chi connectivity index (χ1n) is 9.13. The van der Waals surface area contributed by atoms with Gasteiger partial charge in [-0.25, -0.2) is 14.8 Å². The van der Waals surface area contributed by atoms with Gasteiger partial charge in [-0.1, -0.05) is 0 Å². The van der Waals surface area contributed by atoms with Crippen LogP contribution in [0.25, 0.3) is 0 Å². The first-order chi connectivity index (χ1) is 12.2. The molecule has 1 atom stereocenters. The highest BCUT2D eigenvalue weighted by Gasteiger charge is 2.27. The highest BCUT2D eigenvalue weighted by Crippen LogP contribution is 2.18. The molecule has 0 aromatic carbocycles. The Balaban J connectivity index is 0.00000364. The maximum atomic E-state index is 12.0. The van der Waals surface area contributed by atoms with E-state index in [4.69, 9.17) is 9.73 Å². The average Bonchev–Trinajstić information content (AvgIpc) is 3.08. The van der Waals surface area contributed by atoms with Crippen LogP contribution in [0.3, 0.4) is 0 Å². The van der Waals surface area contributed by atoms with E-state index in [2.05, 4.69) is 27.4 Å². The van der Waals surface area contributed by atoms with E-state index in [-0.39, 0.29) is 36.1 Å². The number of carbonyl (C=O) groups is 1. The normalized spacial score (nSPS) is 17.5. The summed E-state index contributed by atoms with van der Waals surface area (Å²) in [6.07, 6.45) is 0.518. The summed E-state index contributed by atoms with van der Waals surface area (Å²) < 4.78 is 5.34. The molecule has 1 aliphatic heterocycles. The summed E-state index contributed by atoms with van der Waals surface area (Å²) in [6.45, 7) is 14.7. The second kappa shape index (κ2) is 10.4. The number of aryl methyl sites for hydroxylation is 2. The fraction of sp³-hybridized carbons (Fsp3) is 0.722. The number of likely N-dealkylation sites (tertiary alicyclic amines) is 1. The van der Waals surface area contributed by atoms with E-state index in [9.17, 15) is 4.79 Å². The molecule has 0 spiro atoms. The zero-order valence-electron chi connectivity index (χ0n) is 17.1. The van der Waals surface area contributed by atoms with Gasteiger partial charge in [-0.2, -0.15) is 0 Å². The van der Waals surface area contributed by atoms with Crippen LogP contribution in [0.4, 0.5) is 4.79 Å². The van der Waals surface area contributed by atoms with Gasteiger partial charge in [0, 0.05) is 24.5 Å². The maximum absolute atomic E-state index is 12.0. The number of carbonyl (C=O) groups excluding carboxylic acids is 1. The van der Waals surface area contributed by atoms with Crippen molar-refractivity contribution in [1.82, 2.24) is 20.5 Å². The minimum atomic E-state index is -0.483. The molecule has 2 heterocycles. The van der Waals surface area contributed by atoms with Crippen molar-refractivity contribution in [3.05, 3.63) is 15.6 Å². The predicted molar refractivity (Wildman–Crippen MR) is 121 cm³/mol. The van der Waals surface area contributed by atoms with E-state index in [1.165, 1.54) is 4.88 Å². The van der Waals surface area contributed by atoms with Gasteiger partial charge in [0.15, 0.2) is 5.96 Å². The zero-order valence-corrected chi connectivity index (χ0v) is 20.2. The highest BCUT2D eigenvalue weighted by atomic mass is 127. The third-order valence-corrected chi connectivity index (χ3v) is 4.97. The molecule has 1 aromatic rings. The summed E-state index contributed by atoms with van der Waals surface area (Å²) in [6, 6.07) is 0.0705. The summed E-state index contributed by atoms with van der Waals surface area (Å²) in [5, 5.41) is 7.37. The Hall–Kier alpha value is -1.10. The standard InChI is InChI=1S/C18H31N5O2S.HI/c1-7-19-16(20-10-15-12(2)21-13(3)26-15)23-9-8-14(11-23)22-17(24)25-18(4,5)6;/h14H,7-11H2,1-6H3,(H,19,20)(H,22,24);1H. The lowest BCUT2D eigenvalue weighted by Gasteiger charge is -2.23. The number of halogens is 1. The van der Waals surface area contributed by atoms with Crippen molar-refractivity contribution in [2.45, 2.75) is 66.2 Å². The van der Waals surface area contributed by atoms with Crippen LogP contribution >= 0.6 is 35.3 Å². The number of hydrogen-bond donors (Lipinski definition) is 2. The molecule has 2 N–H and O–H groups in total. The first kappa shape index (κ1) is 23.9. The first-order valence-corrected chi connectivity index (χ1v) is 9.95. The lowest BCUT2D eigenvalue weighted by atomic mass is 10.2. The highest BCUT2D eigenvalue weighted by molar-refractivity contribution is 14.0. The maximum Gasteiger partial charge on any atom is 0.407 e. The van der Waals surface area contributed by atoms with Crippen LogP contribution < -0.4 is 10.6 Å². The quantitative estimate of drug-likeness (QED) is 0.370. The molecule has 9 heteroatoms. The lowest BCUT2D eigenvalue weighted by Crippen LogP contribution is -2.44. The Morgan fingerprint density at radius 3 is 2.67 bits per heavy atom. The Bertz CT molecular complexity index is 657. The molecule has 1 unspecified atom stereocenters. The molecular formula is C18H32IN5O2S. The van der Waals surface area contributed by atoms with Crippen molar-refractivity contribution in [1.29, 1.82) is 0 Å². The molecule has 0 bridgehead atoms. The second-order valence-electron chi connectivity index (χ2n) is 7.49. The molecule has 0 saturated carbocycles. The molecular weight excluding hydrogens is 477 g/mol. The predicted octanol–water partition coefficient (Wildman–Crippen LogP) is 3.44. The van der Waals surface area contributed by atoms with Crippen molar-refractivity contribution < 1.29 is 9.53 Å². The van der Waals surface area contributed by atoms with Crippen LogP contribution in [0.15, 0.2) is 4.99 Å². The molecule has 1 saturated heterocycles. The number of nitrogens with zero attached hydrogens (tertiary/aromatic N) is 3. The van der Waals surface area contributed by atoms with Gasteiger partial charge in [-0.3, -0.25) is 0 Å². The van der Waals surface area contributed by atoms with E-state index in [0.29, 0.717) is 6.54 Å². The summed E-state index contributed by atoms with van der Waals surface area (Å²) >= 11 is 1.69. The molecule has 7 nitrogen and oxygen atoms in total. The van der Waals surface area contributed by atoms with E-state index < -0.39 is 5.60 Å². The number of nitrogens with one attached hydrogen (secondary N) is 2.